The summed E-state index contributed by atoms with van der Waals surface area (Å²) in [6, 6.07) is 1.86. The minimum atomic E-state index is -1.60. The van der Waals surface area contributed by atoms with Crippen molar-refractivity contribution in [3.8, 4) is 0 Å². The molecule has 0 aliphatic rings. The zero-order valence-corrected chi connectivity index (χ0v) is 12.3. The van der Waals surface area contributed by atoms with Crippen LogP contribution in [-0.2, 0) is 3.79 Å². The van der Waals surface area contributed by atoms with E-state index in [4.69, 9.17) is 40.5 Å². The van der Waals surface area contributed by atoms with Gasteiger partial charge in [0.15, 0.2) is 11.5 Å². The molecule has 1 atom stereocenters. The molecule has 0 amide bonds. The Labute approximate surface area is 120 Å². The zero-order valence-electron chi connectivity index (χ0n) is 9.99. The van der Waals surface area contributed by atoms with Gasteiger partial charge < -0.3 is 10.3 Å². The molecule has 0 saturated heterocycles. The normalized spacial score (nSPS) is 14.1. The number of aryl methyl sites for hydroxylation is 1. The van der Waals surface area contributed by atoms with E-state index in [2.05, 4.69) is 9.97 Å². The van der Waals surface area contributed by atoms with Crippen LogP contribution in [0.15, 0.2) is 12.3 Å². The number of imidazole rings is 1. The largest absolute Gasteiger partial charge is 0.328 e. The lowest BCUT2D eigenvalue weighted by Gasteiger charge is -2.18. The van der Waals surface area contributed by atoms with Crippen LogP contribution >= 0.6 is 34.8 Å². The van der Waals surface area contributed by atoms with Crippen molar-refractivity contribution in [1.29, 1.82) is 0 Å². The summed E-state index contributed by atoms with van der Waals surface area (Å²) in [6.45, 7) is 4.28. The van der Waals surface area contributed by atoms with Crippen molar-refractivity contribution in [1.82, 2.24) is 14.5 Å². The van der Waals surface area contributed by atoms with Gasteiger partial charge in [0.1, 0.15) is 5.52 Å². The smallest absolute Gasteiger partial charge is 0.248 e. The number of aromatic nitrogens is 3. The van der Waals surface area contributed by atoms with Crippen LogP contribution in [0.5, 0.6) is 0 Å². The first kappa shape index (κ1) is 13.9. The Morgan fingerprint density at radius 3 is 2.67 bits per heavy atom. The number of halogens is 3. The first-order valence-electron chi connectivity index (χ1n) is 5.46. The van der Waals surface area contributed by atoms with Crippen LogP contribution < -0.4 is 5.73 Å². The molecule has 0 aromatic carbocycles. The van der Waals surface area contributed by atoms with E-state index in [1.165, 1.54) is 0 Å². The number of pyridine rings is 1. The number of nitrogens with zero attached hydrogens (tertiary/aromatic N) is 3. The summed E-state index contributed by atoms with van der Waals surface area (Å²) < 4.78 is 0.180. The zero-order chi connectivity index (χ0) is 13.5. The van der Waals surface area contributed by atoms with Gasteiger partial charge in [-0.1, -0.05) is 34.8 Å². The maximum atomic E-state index is 5.95. The molecule has 1 unspecified atom stereocenters. The van der Waals surface area contributed by atoms with Crippen molar-refractivity contribution in [2.75, 3.05) is 6.54 Å². The van der Waals surface area contributed by atoms with Gasteiger partial charge in [-0.3, -0.25) is 0 Å². The van der Waals surface area contributed by atoms with Crippen molar-refractivity contribution in [2.24, 2.45) is 5.73 Å². The molecular formula is C11H13Cl3N4. The Morgan fingerprint density at radius 2 is 2.11 bits per heavy atom. The molecule has 0 fully saturated rings. The summed E-state index contributed by atoms with van der Waals surface area (Å²) in [5, 5.41) is 0. The van der Waals surface area contributed by atoms with E-state index in [1.54, 1.807) is 10.8 Å². The first-order valence-corrected chi connectivity index (χ1v) is 6.60. The van der Waals surface area contributed by atoms with Gasteiger partial charge in [-0.25, -0.2) is 9.97 Å². The highest BCUT2D eigenvalue weighted by Gasteiger charge is 2.32. The summed E-state index contributed by atoms with van der Waals surface area (Å²) in [5.41, 5.74) is 8.08. The Morgan fingerprint density at radius 1 is 1.44 bits per heavy atom. The van der Waals surface area contributed by atoms with Crippen molar-refractivity contribution in [3.05, 3.63) is 23.7 Å². The second-order valence-electron chi connectivity index (χ2n) is 4.24. The lowest BCUT2D eigenvalue weighted by atomic mass is 10.3. The average Bonchev–Trinajstić information content (AvgIpc) is 2.66. The predicted octanol–water partition coefficient (Wildman–Crippen LogP) is 3.09. The van der Waals surface area contributed by atoms with Gasteiger partial charge in [0, 0.05) is 18.8 Å². The van der Waals surface area contributed by atoms with Crippen LogP contribution in [0.2, 0.25) is 0 Å². The molecule has 0 aliphatic heterocycles. The van der Waals surface area contributed by atoms with Gasteiger partial charge in [0.05, 0.1) is 0 Å². The summed E-state index contributed by atoms with van der Waals surface area (Å²) in [5.74, 6) is 0.346. The van der Waals surface area contributed by atoms with Crippen LogP contribution in [0, 0.1) is 6.92 Å². The molecular weight excluding hydrogens is 295 g/mol. The van der Waals surface area contributed by atoms with E-state index in [0.29, 0.717) is 23.5 Å². The van der Waals surface area contributed by atoms with Crippen molar-refractivity contribution in [2.45, 2.75) is 23.7 Å². The summed E-state index contributed by atoms with van der Waals surface area (Å²) in [7, 11) is 0. The number of alkyl halides is 3. The molecule has 2 heterocycles. The Bertz CT molecular complexity index is 573. The van der Waals surface area contributed by atoms with E-state index < -0.39 is 3.79 Å². The minimum absolute atomic E-state index is 0.0455. The SMILES string of the molecule is Cc1cnc2c(c1)nc(C(Cl)(Cl)Cl)n2C(C)CN. The van der Waals surface area contributed by atoms with E-state index in [1.807, 2.05) is 19.9 Å². The molecule has 2 rings (SSSR count). The highest BCUT2D eigenvalue weighted by Crippen LogP contribution is 2.39. The molecule has 0 spiro atoms. The summed E-state index contributed by atoms with van der Waals surface area (Å²) in [6.07, 6.45) is 1.76. The second kappa shape index (κ2) is 4.85. The fourth-order valence-electron chi connectivity index (χ4n) is 1.81. The summed E-state index contributed by atoms with van der Waals surface area (Å²) >= 11 is 17.9. The Balaban J connectivity index is 2.76. The number of nitrogens with two attached hydrogens (primary N) is 1. The van der Waals surface area contributed by atoms with Gasteiger partial charge in [-0.2, -0.15) is 0 Å². The van der Waals surface area contributed by atoms with Gasteiger partial charge in [-0.05, 0) is 25.5 Å². The number of hydrogen-bond donors (Lipinski definition) is 1. The third kappa shape index (κ3) is 2.43. The monoisotopic (exact) mass is 306 g/mol. The third-order valence-electron chi connectivity index (χ3n) is 2.70. The molecule has 98 valence electrons. The lowest BCUT2D eigenvalue weighted by Crippen LogP contribution is -2.21. The molecule has 2 aromatic rings. The highest BCUT2D eigenvalue weighted by molar-refractivity contribution is 6.66. The fourth-order valence-corrected chi connectivity index (χ4v) is 2.21. The van der Waals surface area contributed by atoms with Crippen LogP contribution in [0.3, 0.4) is 0 Å². The first-order chi connectivity index (χ1) is 8.34. The van der Waals surface area contributed by atoms with Gasteiger partial charge in [0.25, 0.3) is 0 Å². The van der Waals surface area contributed by atoms with Gasteiger partial charge >= 0.3 is 0 Å². The summed E-state index contributed by atoms with van der Waals surface area (Å²) in [4.78, 5) is 8.72. The van der Waals surface area contributed by atoms with Crippen LogP contribution in [0.4, 0.5) is 0 Å². The molecule has 4 nitrogen and oxygen atoms in total. The number of hydrogen-bond acceptors (Lipinski definition) is 3. The van der Waals surface area contributed by atoms with Crippen LogP contribution in [0.25, 0.3) is 11.2 Å². The fraction of sp³-hybridized carbons (Fsp3) is 0.455. The molecule has 0 bridgehead atoms. The molecule has 0 saturated carbocycles. The maximum absolute atomic E-state index is 5.95. The molecule has 7 heteroatoms. The van der Waals surface area contributed by atoms with Gasteiger partial charge in [0.2, 0.25) is 3.79 Å². The van der Waals surface area contributed by atoms with Crippen LogP contribution in [-0.4, -0.2) is 21.1 Å². The molecule has 0 radical (unpaired) electrons. The van der Waals surface area contributed by atoms with Gasteiger partial charge in [-0.15, -0.1) is 0 Å². The van der Waals surface area contributed by atoms with Crippen LogP contribution in [0.1, 0.15) is 24.4 Å². The average molecular weight is 308 g/mol. The van der Waals surface area contributed by atoms with E-state index in [-0.39, 0.29) is 6.04 Å². The predicted molar refractivity (Wildman–Crippen MR) is 75.3 cm³/mol. The second-order valence-corrected chi connectivity index (χ2v) is 6.52. The minimum Gasteiger partial charge on any atom is -0.328 e. The Kier molecular flexibility index (Phi) is 3.74. The van der Waals surface area contributed by atoms with E-state index in [0.717, 1.165) is 5.56 Å². The van der Waals surface area contributed by atoms with Crippen molar-refractivity contribution >= 4 is 46.0 Å². The number of fused-ring (bicyclic) bond motifs is 1. The standard InChI is InChI=1S/C11H13Cl3N4/c1-6-3-8-9(16-5-6)18(7(2)4-15)10(17-8)11(12,13)14/h3,5,7H,4,15H2,1-2H3. The molecule has 2 N–H and O–H groups in total. The lowest BCUT2D eigenvalue weighted by molar-refractivity contribution is 0.547. The Hall–Kier alpha value is -0.550. The third-order valence-corrected chi connectivity index (χ3v) is 3.21. The van der Waals surface area contributed by atoms with E-state index in [9.17, 15) is 0 Å². The quantitative estimate of drug-likeness (QED) is 0.867. The molecule has 18 heavy (non-hydrogen) atoms. The number of rotatable bonds is 2. The maximum Gasteiger partial charge on any atom is 0.248 e. The molecule has 0 aliphatic carbocycles. The highest BCUT2D eigenvalue weighted by atomic mass is 35.6. The topological polar surface area (TPSA) is 56.7 Å². The molecule has 2 aromatic heterocycles. The van der Waals surface area contributed by atoms with E-state index >= 15 is 0 Å². The van der Waals surface area contributed by atoms with Crippen molar-refractivity contribution in [3.63, 3.8) is 0 Å². The van der Waals surface area contributed by atoms with Crippen molar-refractivity contribution < 1.29 is 0 Å².